The number of ketones is 1. The molecule has 0 spiro atoms. The highest BCUT2D eigenvalue weighted by molar-refractivity contribution is 6.13. The van der Waals surface area contributed by atoms with Crippen LogP contribution >= 0.6 is 0 Å². The number of allylic oxidation sites excluding steroid dienone is 1. The Balaban J connectivity index is 0.00000100. The molecule has 2 aromatic carbocycles. The molecule has 0 fully saturated rings. The molecule has 0 unspecified atom stereocenters. The van der Waals surface area contributed by atoms with Gasteiger partial charge in [0.05, 0.1) is 14.2 Å². The molecule has 3 heteroatoms. The van der Waals surface area contributed by atoms with Crippen LogP contribution in [0.3, 0.4) is 0 Å². The fourth-order valence-electron chi connectivity index (χ4n) is 2.71. The molecular weight excluding hydrogens is 300 g/mol. The summed E-state index contributed by atoms with van der Waals surface area (Å²) in [4.78, 5) is 12.7. The highest BCUT2D eigenvalue weighted by Crippen LogP contribution is 2.29. The number of carbonyl (C=O) groups is 1. The fourth-order valence-corrected chi connectivity index (χ4v) is 2.71. The van der Waals surface area contributed by atoms with Crippen LogP contribution in [-0.2, 0) is 6.42 Å². The van der Waals surface area contributed by atoms with Crippen LogP contribution in [0.15, 0.2) is 48.0 Å². The molecule has 1 aliphatic rings. The summed E-state index contributed by atoms with van der Waals surface area (Å²) in [5.41, 5.74) is 3.70. The van der Waals surface area contributed by atoms with Gasteiger partial charge in [0, 0.05) is 11.1 Å². The molecule has 126 valence electrons. The zero-order valence-corrected chi connectivity index (χ0v) is 14.8. The van der Waals surface area contributed by atoms with Gasteiger partial charge in [0.2, 0.25) is 0 Å². The Hall–Kier alpha value is -2.55. The Bertz CT molecular complexity index is 727. The van der Waals surface area contributed by atoms with Crippen molar-refractivity contribution in [2.24, 2.45) is 0 Å². The van der Waals surface area contributed by atoms with Crippen LogP contribution in [0, 0.1) is 0 Å². The molecule has 0 radical (unpaired) electrons. The van der Waals surface area contributed by atoms with E-state index in [9.17, 15) is 4.79 Å². The van der Waals surface area contributed by atoms with Crippen LogP contribution in [0.5, 0.6) is 11.5 Å². The molecule has 3 rings (SSSR count). The van der Waals surface area contributed by atoms with Gasteiger partial charge in [-0.05, 0) is 54.3 Å². The number of fused-ring (bicyclic) bond motifs is 1. The van der Waals surface area contributed by atoms with E-state index in [2.05, 4.69) is 0 Å². The van der Waals surface area contributed by atoms with Crippen molar-refractivity contribution in [2.75, 3.05) is 14.2 Å². The lowest BCUT2D eigenvalue weighted by atomic mass is 9.86. The summed E-state index contributed by atoms with van der Waals surface area (Å²) in [7, 11) is 3.26. The van der Waals surface area contributed by atoms with Crippen molar-refractivity contribution in [1.82, 2.24) is 0 Å². The normalized spacial score (nSPS) is 14.5. The summed E-state index contributed by atoms with van der Waals surface area (Å²) >= 11 is 0. The second-order valence-electron chi connectivity index (χ2n) is 5.29. The van der Waals surface area contributed by atoms with Crippen molar-refractivity contribution in [3.05, 3.63) is 64.7 Å². The zero-order valence-electron chi connectivity index (χ0n) is 14.8. The van der Waals surface area contributed by atoms with Gasteiger partial charge in [-0.3, -0.25) is 4.79 Å². The first-order valence-corrected chi connectivity index (χ1v) is 8.27. The molecule has 0 amide bonds. The minimum atomic E-state index is 0.0935. The van der Waals surface area contributed by atoms with Crippen LogP contribution < -0.4 is 9.47 Å². The number of benzene rings is 2. The quantitative estimate of drug-likeness (QED) is 0.750. The lowest BCUT2D eigenvalue weighted by Crippen LogP contribution is -2.14. The van der Waals surface area contributed by atoms with Crippen LogP contribution in [0.2, 0.25) is 0 Å². The fraction of sp³-hybridized carbons (Fsp3) is 0.286. The second-order valence-corrected chi connectivity index (χ2v) is 5.29. The lowest BCUT2D eigenvalue weighted by Gasteiger charge is -2.18. The van der Waals surface area contributed by atoms with E-state index in [0.29, 0.717) is 0 Å². The Kier molecular flexibility index (Phi) is 6.19. The molecule has 0 atom stereocenters. The van der Waals surface area contributed by atoms with Gasteiger partial charge in [0.15, 0.2) is 5.78 Å². The second kappa shape index (κ2) is 8.34. The van der Waals surface area contributed by atoms with E-state index < -0.39 is 0 Å². The highest BCUT2D eigenvalue weighted by Gasteiger charge is 2.22. The van der Waals surface area contributed by atoms with Crippen molar-refractivity contribution >= 4 is 11.9 Å². The molecule has 0 aliphatic heterocycles. The van der Waals surface area contributed by atoms with Crippen molar-refractivity contribution < 1.29 is 14.3 Å². The summed E-state index contributed by atoms with van der Waals surface area (Å²) in [5, 5.41) is 0. The minimum absolute atomic E-state index is 0.0935. The molecule has 1 aliphatic carbocycles. The summed E-state index contributed by atoms with van der Waals surface area (Å²) in [6.07, 6.45) is 3.61. The third kappa shape index (κ3) is 3.85. The van der Waals surface area contributed by atoms with Crippen LogP contribution in [0.1, 0.15) is 41.8 Å². The zero-order chi connectivity index (χ0) is 17.5. The SMILES string of the molecule is CC.COc1ccc(/C=C2\CCc3ccc(OC)cc3C2=O)cc1. The largest absolute Gasteiger partial charge is 0.497 e. The first-order chi connectivity index (χ1) is 11.7. The Labute approximate surface area is 143 Å². The van der Waals surface area contributed by atoms with E-state index in [1.54, 1.807) is 14.2 Å². The standard InChI is InChI=1S/C19H18O3.C2H6/c1-21-16-8-3-13(4-9-16)11-15-6-5-14-7-10-17(22-2)12-18(14)19(15)20;1-2/h3-4,7-12H,5-6H2,1-2H3;1-2H3/b15-11+;. The molecule has 0 saturated carbocycles. The van der Waals surface area contributed by atoms with Crippen molar-refractivity contribution in [1.29, 1.82) is 0 Å². The Morgan fingerprint density at radius 3 is 2.12 bits per heavy atom. The maximum absolute atomic E-state index is 12.7. The maximum Gasteiger partial charge on any atom is 0.189 e. The number of hydrogen-bond donors (Lipinski definition) is 0. The van der Waals surface area contributed by atoms with E-state index in [4.69, 9.17) is 9.47 Å². The van der Waals surface area contributed by atoms with Gasteiger partial charge in [0.25, 0.3) is 0 Å². The van der Waals surface area contributed by atoms with E-state index in [-0.39, 0.29) is 5.78 Å². The Morgan fingerprint density at radius 1 is 0.875 bits per heavy atom. The average Bonchev–Trinajstić information content (AvgIpc) is 2.66. The number of methoxy groups -OCH3 is 2. The first kappa shape index (κ1) is 17.8. The predicted octanol–water partition coefficient (Wildman–Crippen LogP) is 4.94. The van der Waals surface area contributed by atoms with Gasteiger partial charge in [-0.15, -0.1) is 0 Å². The average molecular weight is 324 g/mol. The topological polar surface area (TPSA) is 35.5 Å². The lowest BCUT2D eigenvalue weighted by molar-refractivity contribution is 0.102. The summed E-state index contributed by atoms with van der Waals surface area (Å²) in [5.74, 6) is 1.63. The molecule has 24 heavy (non-hydrogen) atoms. The molecule has 0 N–H and O–H groups in total. The van der Waals surface area contributed by atoms with Gasteiger partial charge < -0.3 is 9.47 Å². The predicted molar refractivity (Wildman–Crippen MR) is 98.0 cm³/mol. The molecule has 3 nitrogen and oxygen atoms in total. The third-order valence-electron chi connectivity index (χ3n) is 3.97. The van der Waals surface area contributed by atoms with Crippen LogP contribution in [0.4, 0.5) is 0 Å². The molecule has 0 heterocycles. The number of ether oxygens (including phenoxy) is 2. The minimum Gasteiger partial charge on any atom is -0.497 e. The van der Waals surface area contributed by atoms with Crippen LogP contribution in [-0.4, -0.2) is 20.0 Å². The number of aryl methyl sites for hydroxylation is 1. The van der Waals surface area contributed by atoms with Gasteiger partial charge >= 0.3 is 0 Å². The Morgan fingerprint density at radius 2 is 1.50 bits per heavy atom. The van der Waals surface area contributed by atoms with Crippen molar-refractivity contribution in [3.8, 4) is 11.5 Å². The first-order valence-electron chi connectivity index (χ1n) is 8.27. The number of rotatable bonds is 3. The number of hydrogen-bond acceptors (Lipinski definition) is 3. The van der Waals surface area contributed by atoms with Crippen LogP contribution in [0.25, 0.3) is 6.08 Å². The monoisotopic (exact) mass is 324 g/mol. The van der Waals surface area contributed by atoms with E-state index in [1.807, 2.05) is 62.4 Å². The highest BCUT2D eigenvalue weighted by atomic mass is 16.5. The smallest absolute Gasteiger partial charge is 0.189 e. The van der Waals surface area contributed by atoms with Gasteiger partial charge in [-0.1, -0.05) is 32.0 Å². The van der Waals surface area contributed by atoms with E-state index in [1.165, 1.54) is 0 Å². The van der Waals surface area contributed by atoms with Crippen molar-refractivity contribution in [3.63, 3.8) is 0 Å². The van der Waals surface area contributed by atoms with E-state index >= 15 is 0 Å². The summed E-state index contributed by atoms with van der Waals surface area (Å²) in [6.45, 7) is 4.00. The summed E-state index contributed by atoms with van der Waals surface area (Å²) in [6, 6.07) is 13.4. The van der Waals surface area contributed by atoms with E-state index in [0.717, 1.165) is 46.6 Å². The third-order valence-corrected chi connectivity index (χ3v) is 3.97. The number of carbonyl (C=O) groups excluding carboxylic acids is 1. The molecule has 0 aromatic heterocycles. The maximum atomic E-state index is 12.7. The van der Waals surface area contributed by atoms with Crippen molar-refractivity contribution in [2.45, 2.75) is 26.7 Å². The molecule has 2 aromatic rings. The van der Waals surface area contributed by atoms with Gasteiger partial charge in [-0.2, -0.15) is 0 Å². The van der Waals surface area contributed by atoms with Gasteiger partial charge in [-0.25, -0.2) is 0 Å². The number of Topliss-reactive ketones (excluding diaryl/α,β-unsaturated/α-hetero) is 1. The summed E-state index contributed by atoms with van der Waals surface area (Å²) < 4.78 is 10.4. The molecule has 0 saturated heterocycles. The molecular formula is C21H24O3. The van der Waals surface area contributed by atoms with Gasteiger partial charge in [0.1, 0.15) is 11.5 Å². The molecule has 0 bridgehead atoms.